The van der Waals surface area contributed by atoms with E-state index in [4.69, 9.17) is 11.0 Å². The summed E-state index contributed by atoms with van der Waals surface area (Å²) in [5.74, 6) is -0.543. The van der Waals surface area contributed by atoms with Gasteiger partial charge in [-0.1, -0.05) is 0 Å². The SMILES string of the molecule is CCNC(NCC)=C(C#N)C(=O)NC(N)=O. The first-order valence-corrected chi connectivity index (χ1v) is 4.79. The van der Waals surface area contributed by atoms with Crippen molar-refractivity contribution >= 4 is 11.9 Å². The first-order valence-electron chi connectivity index (χ1n) is 4.79. The van der Waals surface area contributed by atoms with Crippen LogP contribution in [-0.4, -0.2) is 25.0 Å². The van der Waals surface area contributed by atoms with Crippen molar-refractivity contribution in [2.45, 2.75) is 13.8 Å². The minimum Gasteiger partial charge on any atom is -0.371 e. The number of hydrogen-bond acceptors (Lipinski definition) is 5. The summed E-state index contributed by atoms with van der Waals surface area (Å²) in [4.78, 5) is 21.9. The van der Waals surface area contributed by atoms with Crippen molar-refractivity contribution in [2.75, 3.05) is 13.1 Å². The molecule has 5 N–H and O–H groups in total. The first kappa shape index (κ1) is 13.8. The molecule has 0 radical (unpaired) electrons. The van der Waals surface area contributed by atoms with Gasteiger partial charge in [-0.15, -0.1) is 0 Å². The molecule has 0 aliphatic rings. The Hall–Kier alpha value is -2.23. The van der Waals surface area contributed by atoms with E-state index in [1.54, 1.807) is 6.07 Å². The van der Waals surface area contributed by atoms with Crippen molar-refractivity contribution in [1.29, 1.82) is 5.26 Å². The number of imide groups is 1. The lowest BCUT2D eigenvalue weighted by atomic mass is 10.2. The van der Waals surface area contributed by atoms with Crippen LogP contribution in [0.2, 0.25) is 0 Å². The number of hydrogen-bond donors (Lipinski definition) is 4. The molecule has 0 aliphatic carbocycles. The van der Waals surface area contributed by atoms with Gasteiger partial charge in [0, 0.05) is 13.1 Å². The number of urea groups is 1. The van der Waals surface area contributed by atoms with Gasteiger partial charge in [0.25, 0.3) is 5.91 Å². The van der Waals surface area contributed by atoms with Gasteiger partial charge < -0.3 is 16.4 Å². The van der Waals surface area contributed by atoms with E-state index in [9.17, 15) is 9.59 Å². The molecule has 3 amide bonds. The molecule has 88 valence electrons. The molecule has 16 heavy (non-hydrogen) atoms. The zero-order valence-electron chi connectivity index (χ0n) is 9.26. The van der Waals surface area contributed by atoms with Gasteiger partial charge in [0.1, 0.15) is 11.9 Å². The maximum absolute atomic E-state index is 11.4. The number of carbonyl (C=O) groups is 2. The van der Waals surface area contributed by atoms with E-state index in [1.807, 2.05) is 19.2 Å². The van der Waals surface area contributed by atoms with Crippen LogP contribution < -0.4 is 21.7 Å². The highest BCUT2D eigenvalue weighted by atomic mass is 16.2. The van der Waals surface area contributed by atoms with Gasteiger partial charge in [-0.25, -0.2) is 4.79 Å². The summed E-state index contributed by atoms with van der Waals surface area (Å²) in [6, 6.07) is 0.716. The quantitative estimate of drug-likeness (QED) is 0.358. The Kier molecular flexibility index (Phi) is 6.12. The zero-order valence-corrected chi connectivity index (χ0v) is 9.26. The van der Waals surface area contributed by atoms with Gasteiger partial charge in [-0.3, -0.25) is 10.1 Å². The van der Waals surface area contributed by atoms with Gasteiger partial charge >= 0.3 is 6.03 Å². The van der Waals surface area contributed by atoms with Gasteiger partial charge in [-0.05, 0) is 13.8 Å². The van der Waals surface area contributed by atoms with Crippen LogP contribution >= 0.6 is 0 Å². The molecule has 0 unspecified atom stereocenters. The van der Waals surface area contributed by atoms with Gasteiger partial charge in [0.15, 0.2) is 5.57 Å². The Morgan fingerprint density at radius 2 is 1.75 bits per heavy atom. The molecule has 0 saturated carbocycles. The number of primary amides is 1. The Bertz CT molecular complexity index is 334. The maximum Gasteiger partial charge on any atom is 0.319 e. The predicted molar refractivity (Wildman–Crippen MR) is 57.7 cm³/mol. The van der Waals surface area contributed by atoms with E-state index in [-0.39, 0.29) is 11.4 Å². The molecule has 0 spiro atoms. The summed E-state index contributed by atoms with van der Waals surface area (Å²) in [5.41, 5.74) is 4.58. The highest BCUT2D eigenvalue weighted by Gasteiger charge is 2.16. The van der Waals surface area contributed by atoms with Crippen LogP contribution in [0.25, 0.3) is 0 Å². The molecular formula is C9H15N5O2. The van der Waals surface area contributed by atoms with Gasteiger partial charge in [0.05, 0.1) is 0 Å². The van der Waals surface area contributed by atoms with E-state index in [1.165, 1.54) is 0 Å². The second-order valence-electron chi connectivity index (χ2n) is 2.74. The van der Waals surface area contributed by atoms with Gasteiger partial charge in [0.2, 0.25) is 0 Å². The Morgan fingerprint density at radius 1 is 1.25 bits per heavy atom. The highest BCUT2D eigenvalue weighted by molar-refractivity contribution is 6.06. The van der Waals surface area contributed by atoms with Crippen molar-refractivity contribution < 1.29 is 9.59 Å². The molecule has 7 heteroatoms. The molecule has 0 saturated heterocycles. The normalized spacial score (nSPS) is 8.56. The summed E-state index contributed by atoms with van der Waals surface area (Å²) < 4.78 is 0. The molecule has 0 heterocycles. The standard InChI is InChI=1S/C9H15N5O2/c1-3-12-7(13-4-2)6(5-10)8(15)14-9(11)16/h12-13H,3-4H2,1-2H3,(H3,11,14,15,16). The van der Waals surface area contributed by atoms with Crippen molar-refractivity contribution in [2.24, 2.45) is 5.73 Å². The molecule has 0 aromatic heterocycles. The lowest BCUT2D eigenvalue weighted by molar-refractivity contribution is -0.116. The number of amides is 3. The average molecular weight is 225 g/mol. The number of carbonyl (C=O) groups excluding carboxylic acids is 2. The predicted octanol–water partition coefficient (Wildman–Crippen LogP) is -0.865. The Labute approximate surface area is 93.7 Å². The second kappa shape index (κ2) is 7.11. The molecule has 0 rings (SSSR count). The Morgan fingerprint density at radius 3 is 2.06 bits per heavy atom. The van der Waals surface area contributed by atoms with Crippen molar-refractivity contribution in [3.8, 4) is 6.07 Å². The van der Waals surface area contributed by atoms with Crippen LogP contribution in [0.4, 0.5) is 4.79 Å². The van der Waals surface area contributed by atoms with E-state index >= 15 is 0 Å². The van der Waals surface area contributed by atoms with E-state index in [0.717, 1.165) is 0 Å². The molecule has 0 atom stereocenters. The van der Waals surface area contributed by atoms with Crippen LogP contribution in [0.15, 0.2) is 11.4 Å². The average Bonchev–Trinajstić information content (AvgIpc) is 2.18. The van der Waals surface area contributed by atoms with Crippen LogP contribution in [-0.2, 0) is 4.79 Å². The van der Waals surface area contributed by atoms with E-state index in [2.05, 4.69) is 10.6 Å². The number of nitrogens with one attached hydrogen (secondary N) is 3. The molecule has 7 nitrogen and oxygen atoms in total. The second-order valence-corrected chi connectivity index (χ2v) is 2.74. The molecule has 0 aliphatic heterocycles. The maximum atomic E-state index is 11.4. The minimum absolute atomic E-state index is 0.206. The smallest absolute Gasteiger partial charge is 0.319 e. The third kappa shape index (κ3) is 4.32. The van der Waals surface area contributed by atoms with E-state index in [0.29, 0.717) is 13.1 Å². The fourth-order valence-corrected chi connectivity index (χ4v) is 0.987. The summed E-state index contributed by atoms with van der Waals surface area (Å²) in [6.07, 6.45) is 0. The lowest BCUT2D eigenvalue weighted by Crippen LogP contribution is -2.38. The Balaban J connectivity index is 5.00. The largest absolute Gasteiger partial charge is 0.371 e. The fourth-order valence-electron chi connectivity index (χ4n) is 0.987. The summed E-state index contributed by atoms with van der Waals surface area (Å²) >= 11 is 0. The van der Waals surface area contributed by atoms with Crippen LogP contribution in [0.3, 0.4) is 0 Å². The van der Waals surface area contributed by atoms with Crippen molar-refractivity contribution in [3.63, 3.8) is 0 Å². The first-order chi connectivity index (χ1) is 7.56. The third-order valence-electron chi connectivity index (χ3n) is 1.53. The van der Waals surface area contributed by atoms with E-state index < -0.39 is 11.9 Å². The molecule has 0 bridgehead atoms. The number of rotatable bonds is 5. The summed E-state index contributed by atoms with van der Waals surface area (Å²) in [5, 5.41) is 16.3. The monoisotopic (exact) mass is 225 g/mol. The summed E-state index contributed by atoms with van der Waals surface area (Å²) in [6.45, 7) is 4.71. The van der Waals surface area contributed by atoms with Crippen LogP contribution in [0.1, 0.15) is 13.8 Å². The summed E-state index contributed by atoms with van der Waals surface area (Å²) in [7, 11) is 0. The molecule has 0 aromatic carbocycles. The molecular weight excluding hydrogens is 210 g/mol. The zero-order chi connectivity index (χ0) is 12.6. The van der Waals surface area contributed by atoms with Crippen molar-refractivity contribution in [3.05, 3.63) is 11.4 Å². The topological polar surface area (TPSA) is 120 Å². The fraction of sp³-hybridized carbons (Fsp3) is 0.444. The van der Waals surface area contributed by atoms with Gasteiger partial charge in [-0.2, -0.15) is 5.26 Å². The number of nitrogens with zero attached hydrogens (tertiary/aromatic N) is 1. The number of nitriles is 1. The van der Waals surface area contributed by atoms with Crippen molar-refractivity contribution in [1.82, 2.24) is 16.0 Å². The van der Waals surface area contributed by atoms with Crippen LogP contribution in [0.5, 0.6) is 0 Å². The molecule has 0 aromatic rings. The lowest BCUT2D eigenvalue weighted by Gasteiger charge is -2.12. The van der Waals surface area contributed by atoms with Crippen LogP contribution in [0, 0.1) is 11.3 Å². The third-order valence-corrected chi connectivity index (χ3v) is 1.53. The number of nitrogens with two attached hydrogens (primary N) is 1. The highest BCUT2D eigenvalue weighted by Crippen LogP contribution is 1.97. The molecule has 0 fully saturated rings. The minimum atomic E-state index is -0.995.